The quantitative estimate of drug-likeness (QED) is 0.594. The first-order valence-electron chi connectivity index (χ1n) is 2.88. The van der Waals surface area contributed by atoms with Crippen molar-refractivity contribution in [2.45, 2.75) is 6.92 Å². The van der Waals surface area contributed by atoms with Crippen molar-refractivity contribution in [2.24, 2.45) is 0 Å². The van der Waals surface area contributed by atoms with E-state index in [0.717, 1.165) is 5.69 Å². The fraction of sp³-hybridized carbons (Fsp3) is 0.167. The molecule has 10 heavy (non-hydrogen) atoms. The van der Waals surface area contributed by atoms with Crippen molar-refractivity contribution in [1.29, 1.82) is 0 Å². The third kappa shape index (κ3) is 1.74. The number of rotatable bonds is 2. The van der Waals surface area contributed by atoms with Crippen LogP contribution in [0.3, 0.4) is 0 Å². The van der Waals surface area contributed by atoms with Gasteiger partial charge in [0.05, 0.1) is 6.20 Å². The Kier molecular flexibility index (Phi) is 2.28. The van der Waals surface area contributed by atoms with Crippen LogP contribution in [0.15, 0.2) is 18.3 Å². The molecular formula is C6H7BNO2. The van der Waals surface area contributed by atoms with E-state index in [1.807, 2.05) is 6.92 Å². The number of hydrogen-bond donors (Lipinski definition) is 1. The Balaban J connectivity index is 2.69. The van der Waals surface area contributed by atoms with Crippen LogP contribution in [-0.4, -0.2) is 17.7 Å². The summed E-state index contributed by atoms with van der Waals surface area (Å²) in [5.74, 6) is 0.535. The average Bonchev–Trinajstić information content (AvgIpc) is 1.95. The molecular weight excluding hydrogens is 129 g/mol. The van der Waals surface area contributed by atoms with Crippen LogP contribution in [-0.2, 0) is 0 Å². The summed E-state index contributed by atoms with van der Waals surface area (Å²) < 4.78 is 4.63. The summed E-state index contributed by atoms with van der Waals surface area (Å²) in [4.78, 5) is 3.94. The molecule has 0 aliphatic carbocycles. The van der Waals surface area contributed by atoms with Crippen LogP contribution in [0.1, 0.15) is 5.69 Å². The molecule has 1 heterocycles. The Labute approximate surface area is 60.0 Å². The molecule has 0 atom stereocenters. The summed E-state index contributed by atoms with van der Waals surface area (Å²) in [5.41, 5.74) is 0.922. The van der Waals surface area contributed by atoms with Crippen molar-refractivity contribution in [3.63, 3.8) is 0 Å². The van der Waals surface area contributed by atoms with Crippen LogP contribution in [0, 0.1) is 6.92 Å². The van der Waals surface area contributed by atoms with Crippen molar-refractivity contribution in [3.8, 4) is 5.75 Å². The summed E-state index contributed by atoms with van der Waals surface area (Å²) >= 11 is 0. The second kappa shape index (κ2) is 3.22. The second-order valence-corrected chi connectivity index (χ2v) is 1.86. The molecule has 0 saturated carbocycles. The molecule has 0 amide bonds. The fourth-order valence-corrected chi connectivity index (χ4v) is 0.585. The van der Waals surface area contributed by atoms with Gasteiger partial charge < -0.3 is 9.68 Å². The first-order valence-corrected chi connectivity index (χ1v) is 2.88. The lowest BCUT2D eigenvalue weighted by atomic mass is 10.3. The van der Waals surface area contributed by atoms with Gasteiger partial charge in [-0.1, -0.05) is 0 Å². The maximum atomic E-state index is 8.21. The molecule has 1 aromatic rings. The van der Waals surface area contributed by atoms with Gasteiger partial charge in [0.25, 0.3) is 0 Å². The zero-order valence-electron chi connectivity index (χ0n) is 5.61. The number of hydrogen-bond acceptors (Lipinski definition) is 3. The number of pyridine rings is 1. The molecule has 1 N–H and O–H groups in total. The molecule has 0 fully saturated rings. The lowest BCUT2D eigenvalue weighted by Crippen LogP contribution is -1.99. The summed E-state index contributed by atoms with van der Waals surface area (Å²) in [7, 11) is 0.631. The Morgan fingerprint density at radius 2 is 2.40 bits per heavy atom. The number of aromatic nitrogens is 1. The Morgan fingerprint density at radius 3 is 2.90 bits per heavy atom. The maximum Gasteiger partial charge on any atom is 0.569 e. The van der Waals surface area contributed by atoms with Crippen molar-refractivity contribution in [1.82, 2.24) is 4.98 Å². The first-order chi connectivity index (χ1) is 4.83. The molecule has 1 aromatic heterocycles. The van der Waals surface area contributed by atoms with Gasteiger partial charge in [-0.05, 0) is 19.1 Å². The highest BCUT2D eigenvalue weighted by atomic mass is 16.5. The van der Waals surface area contributed by atoms with E-state index in [2.05, 4.69) is 9.64 Å². The van der Waals surface area contributed by atoms with Crippen LogP contribution in [0.2, 0.25) is 0 Å². The van der Waals surface area contributed by atoms with E-state index in [4.69, 9.17) is 5.02 Å². The van der Waals surface area contributed by atoms with E-state index in [-0.39, 0.29) is 0 Å². The van der Waals surface area contributed by atoms with Crippen molar-refractivity contribution in [2.75, 3.05) is 0 Å². The molecule has 0 saturated heterocycles. The largest absolute Gasteiger partial charge is 0.569 e. The lowest BCUT2D eigenvalue weighted by Gasteiger charge is -1.98. The molecule has 3 nitrogen and oxygen atoms in total. The molecule has 0 aliphatic rings. The zero-order valence-corrected chi connectivity index (χ0v) is 5.61. The van der Waals surface area contributed by atoms with Crippen molar-refractivity contribution >= 4 is 7.69 Å². The first kappa shape index (κ1) is 7.09. The van der Waals surface area contributed by atoms with Gasteiger partial charge in [-0.2, -0.15) is 0 Å². The molecule has 1 rings (SSSR count). The van der Waals surface area contributed by atoms with Crippen LogP contribution in [0.4, 0.5) is 0 Å². The van der Waals surface area contributed by atoms with E-state index in [0.29, 0.717) is 13.4 Å². The molecule has 0 spiro atoms. The Morgan fingerprint density at radius 1 is 1.60 bits per heavy atom. The van der Waals surface area contributed by atoms with Crippen LogP contribution < -0.4 is 4.65 Å². The fourth-order valence-electron chi connectivity index (χ4n) is 0.585. The minimum Gasteiger partial charge on any atom is -0.536 e. The van der Waals surface area contributed by atoms with Gasteiger partial charge in [0.15, 0.2) is 0 Å². The van der Waals surface area contributed by atoms with Crippen LogP contribution in [0.25, 0.3) is 0 Å². The van der Waals surface area contributed by atoms with Crippen molar-refractivity contribution in [3.05, 3.63) is 24.0 Å². The third-order valence-electron chi connectivity index (χ3n) is 1.07. The SMILES string of the molecule is Cc1ccc(O[B]O)cn1. The molecule has 0 bridgehead atoms. The topological polar surface area (TPSA) is 42.4 Å². The Bertz CT molecular complexity index is 199. The standard InChI is InChI=1S/C6H7BNO2/c1-5-2-3-6(4-8-5)10-7-9/h2-4,9H,1H3. The highest BCUT2D eigenvalue weighted by molar-refractivity contribution is 6.17. The summed E-state index contributed by atoms with van der Waals surface area (Å²) in [6, 6.07) is 3.54. The smallest absolute Gasteiger partial charge is 0.536 e. The maximum absolute atomic E-state index is 8.21. The van der Waals surface area contributed by atoms with Gasteiger partial charge in [0.1, 0.15) is 5.75 Å². The lowest BCUT2D eigenvalue weighted by molar-refractivity contribution is 0.452. The third-order valence-corrected chi connectivity index (χ3v) is 1.07. The summed E-state index contributed by atoms with van der Waals surface area (Å²) in [5, 5.41) is 8.21. The molecule has 4 heteroatoms. The van der Waals surface area contributed by atoms with Crippen LogP contribution in [0.5, 0.6) is 5.75 Å². The van der Waals surface area contributed by atoms with Gasteiger partial charge >= 0.3 is 7.69 Å². The number of aryl methyl sites for hydroxylation is 1. The van der Waals surface area contributed by atoms with Gasteiger partial charge in [0.2, 0.25) is 0 Å². The molecule has 0 aromatic carbocycles. The van der Waals surface area contributed by atoms with E-state index in [9.17, 15) is 0 Å². The zero-order chi connectivity index (χ0) is 7.40. The number of nitrogens with zero attached hydrogens (tertiary/aromatic N) is 1. The minimum atomic E-state index is 0.535. The summed E-state index contributed by atoms with van der Waals surface area (Å²) in [6.07, 6.45) is 1.54. The highest BCUT2D eigenvalue weighted by Gasteiger charge is 1.92. The summed E-state index contributed by atoms with van der Waals surface area (Å²) in [6.45, 7) is 1.88. The molecule has 51 valence electrons. The van der Waals surface area contributed by atoms with Crippen LogP contribution >= 0.6 is 0 Å². The Hall–Kier alpha value is -1.03. The molecule has 0 aliphatic heterocycles. The second-order valence-electron chi connectivity index (χ2n) is 1.86. The van der Waals surface area contributed by atoms with Crippen molar-refractivity contribution < 1.29 is 9.68 Å². The monoisotopic (exact) mass is 136 g/mol. The van der Waals surface area contributed by atoms with Gasteiger partial charge in [-0.3, -0.25) is 4.98 Å². The van der Waals surface area contributed by atoms with E-state index in [1.54, 1.807) is 18.3 Å². The minimum absolute atomic E-state index is 0.535. The molecule has 1 radical (unpaired) electrons. The van der Waals surface area contributed by atoms with E-state index < -0.39 is 0 Å². The normalized spacial score (nSPS) is 9.00. The van der Waals surface area contributed by atoms with Gasteiger partial charge in [-0.25, -0.2) is 0 Å². The van der Waals surface area contributed by atoms with E-state index in [1.165, 1.54) is 0 Å². The van der Waals surface area contributed by atoms with Gasteiger partial charge in [0, 0.05) is 5.69 Å². The highest BCUT2D eigenvalue weighted by Crippen LogP contribution is 2.06. The molecule has 0 unspecified atom stereocenters. The van der Waals surface area contributed by atoms with Gasteiger partial charge in [-0.15, -0.1) is 0 Å². The predicted molar refractivity (Wildman–Crippen MR) is 37.6 cm³/mol. The predicted octanol–water partition coefficient (Wildman–Crippen LogP) is 0.295. The van der Waals surface area contributed by atoms with E-state index >= 15 is 0 Å². The average molecular weight is 136 g/mol.